The minimum atomic E-state index is -0.0843. The van der Waals surface area contributed by atoms with Crippen LogP contribution in [0.4, 0.5) is 0 Å². The van der Waals surface area contributed by atoms with Gasteiger partial charge in [0.05, 0.1) is 0 Å². The van der Waals surface area contributed by atoms with Crippen molar-refractivity contribution in [2.75, 3.05) is 46.3 Å². The van der Waals surface area contributed by atoms with Crippen LogP contribution >= 0.6 is 0 Å². The Morgan fingerprint density at radius 3 is 2.79 bits per heavy atom. The van der Waals surface area contributed by atoms with E-state index in [-0.39, 0.29) is 5.91 Å². The summed E-state index contributed by atoms with van der Waals surface area (Å²) in [5.41, 5.74) is 0.488. The lowest BCUT2D eigenvalue weighted by Gasteiger charge is -2.32. The van der Waals surface area contributed by atoms with Gasteiger partial charge >= 0.3 is 0 Å². The number of carbonyl (C=O) groups excluding carboxylic acids is 1. The number of aromatic nitrogens is 1. The molecule has 5 nitrogen and oxygen atoms in total. The van der Waals surface area contributed by atoms with Gasteiger partial charge in [-0.05, 0) is 32.1 Å². The van der Waals surface area contributed by atoms with Crippen LogP contribution < -0.4 is 5.32 Å². The number of rotatable bonds is 5. The summed E-state index contributed by atoms with van der Waals surface area (Å²) in [6.07, 6.45) is 2.63. The molecular weight excluding hydrogens is 240 g/mol. The molecule has 0 aromatic carbocycles. The Hall–Kier alpha value is -1.46. The molecule has 0 spiro atoms. The van der Waals surface area contributed by atoms with E-state index in [4.69, 9.17) is 0 Å². The molecule has 1 N–H and O–H groups in total. The molecule has 1 fully saturated rings. The number of likely N-dealkylation sites (N-methyl/N-ethyl adjacent to an activating group) is 1. The van der Waals surface area contributed by atoms with E-state index in [9.17, 15) is 4.79 Å². The van der Waals surface area contributed by atoms with Gasteiger partial charge in [-0.3, -0.25) is 9.78 Å². The van der Waals surface area contributed by atoms with Crippen molar-refractivity contribution in [2.45, 2.75) is 6.42 Å². The smallest absolute Gasteiger partial charge is 0.269 e. The van der Waals surface area contributed by atoms with E-state index in [1.54, 1.807) is 12.3 Å². The third-order valence-electron chi connectivity index (χ3n) is 3.43. The van der Waals surface area contributed by atoms with Gasteiger partial charge in [-0.15, -0.1) is 0 Å². The normalized spacial score (nSPS) is 17.3. The van der Waals surface area contributed by atoms with Crippen molar-refractivity contribution >= 4 is 5.91 Å². The molecule has 0 radical (unpaired) electrons. The largest absolute Gasteiger partial charge is 0.351 e. The molecule has 0 saturated carbocycles. The number of amides is 1. The molecule has 0 aliphatic carbocycles. The van der Waals surface area contributed by atoms with Crippen LogP contribution in [-0.2, 0) is 0 Å². The fourth-order valence-electron chi connectivity index (χ4n) is 2.16. The summed E-state index contributed by atoms with van der Waals surface area (Å²) in [5.74, 6) is -0.0843. The summed E-state index contributed by atoms with van der Waals surface area (Å²) >= 11 is 0. The number of nitrogens with one attached hydrogen (secondary N) is 1. The first-order valence-corrected chi connectivity index (χ1v) is 6.86. The quantitative estimate of drug-likeness (QED) is 0.783. The second-order valence-electron chi connectivity index (χ2n) is 4.97. The van der Waals surface area contributed by atoms with Crippen molar-refractivity contribution in [1.82, 2.24) is 20.1 Å². The standard InChI is InChI=1S/C14H22N4O/c1-17-9-11-18(12-10-17)8-4-7-16-14(19)13-5-2-3-6-15-13/h2-3,5-6H,4,7-12H2,1H3,(H,16,19). The third kappa shape index (κ3) is 4.61. The second kappa shape index (κ2) is 7.21. The highest BCUT2D eigenvalue weighted by molar-refractivity contribution is 5.92. The van der Waals surface area contributed by atoms with E-state index < -0.39 is 0 Å². The zero-order valence-corrected chi connectivity index (χ0v) is 11.5. The SMILES string of the molecule is CN1CCN(CCCNC(=O)c2ccccn2)CC1. The average Bonchev–Trinajstić information content (AvgIpc) is 2.46. The summed E-state index contributed by atoms with van der Waals surface area (Å²) in [7, 11) is 2.16. The predicted molar refractivity (Wildman–Crippen MR) is 75.1 cm³/mol. The topological polar surface area (TPSA) is 48.5 Å². The van der Waals surface area contributed by atoms with E-state index in [2.05, 4.69) is 27.1 Å². The molecule has 1 aliphatic heterocycles. The van der Waals surface area contributed by atoms with Gasteiger partial charge in [0.15, 0.2) is 0 Å². The monoisotopic (exact) mass is 262 g/mol. The van der Waals surface area contributed by atoms with Gasteiger partial charge in [-0.25, -0.2) is 0 Å². The molecule has 1 saturated heterocycles. The van der Waals surface area contributed by atoms with Crippen molar-refractivity contribution in [3.05, 3.63) is 30.1 Å². The van der Waals surface area contributed by atoms with E-state index in [0.29, 0.717) is 12.2 Å². The molecule has 1 aromatic rings. The van der Waals surface area contributed by atoms with E-state index >= 15 is 0 Å². The van der Waals surface area contributed by atoms with Gasteiger partial charge in [0, 0.05) is 38.9 Å². The number of hydrogen-bond acceptors (Lipinski definition) is 4. The fourth-order valence-corrected chi connectivity index (χ4v) is 2.16. The van der Waals surface area contributed by atoms with Crippen LogP contribution in [0.25, 0.3) is 0 Å². The third-order valence-corrected chi connectivity index (χ3v) is 3.43. The van der Waals surface area contributed by atoms with Crippen molar-refractivity contribution < 1.29 is 4.79 Å². The second-order valence-corrected chi connectivity index (χ2v) is 4.97. The highest BCUT2D eigenvalue weighted by Gasteiger charge is 2.13. The van der Waals surface area contributed by atoms with Crippen molar-refractivity contribution in [2.24, 2.45) is 0 Å². The van der Waals surface area contributed by atoms with Crippen LogP contribution in [0.2, 0.25) is 0 Å². The molecule has 2 rings (SSSR count). The molecule has 1 aliphatic rings. The fraction of sp³-hybridized carbons (Fsp3) is 0.571. The number of hydrogen-bond donors (Lipinski definition) is 1. The lowest BCUT2D eigenvalue weighted by molar-refractivity contribution is 0.0944. The Bertz CT molecular complexity index is 388. The van der Waals surface area contributed by atoms with Crippen LogP contribution in [0, 0.1) is 0 Å². The lowest BCUT2D eigenvalue weighted by Crippen LogP contribution is -2.45. The summed E-state index contributed by atoms with van der Waals surface area (Å²) in [4.78, 5) is 20.6. The van der Waals surface area contributed by atoms with Crippen LogP contribution in [0.5, 0.6) is 0 Å². The van der Waals surface area contributed by atoms with Gasteiger partial charge in [-0.1, -0.05) is 6.07 Å². The lowest BCUT2D eigenvalue weighted by atomic mass is 10.3. The molecule has 0 bridgehead atoms. The predicted octanol–water partition coefficient (Wildman–Crippen LogP) is 0.449. The Kier molecular flexibility index (Phi) is 5.30. The Labute approximate surface area is 114 Å². The number of carbonyl (C=O) groups is 1. The van der Waals surface area contributed by atoms with Gasteiger partial charge < -0.3 is 15.1 Å². The van der Waals surface area contributed by atoms with Gasteiger partial charge in [0.1, 0.15) is 5.69 Å². The average molecular weight is 262 g/mol. The van der Waals surface area contributed by atoms with Gasteiger partial charge in [0.25, 0.3) is 5.91 Å². The Morgan fingerprint density at radius 2 is 2.11 bits per heavy atom. The zero-order chi connectivity index (χ0) is 13.5. The molecule has 5 heteroatoms. The highest BCUT2D eigenvalue weighted by atomic mass is 16.1. The van der Waals surface area contributed by atoms with Gasteiger partial charge in [0.2, 0.25) is 0 Å². The van der Waals surface area contributed by atoms with Crippen LogP contribution in [-0.4, -0.2) is 67.0 Å². The molecule has 1 aromatic heterocycles. The Morgan fingerprint density at radius 1 is 1.32 bits per heavy atom. The van der Waals surface area contributed by atoms with E-state index in [0.717, 1.165) is 39.1 Å². The van der Waals surface area contributed by atoms with Gasteiger partial charge in [-0.2, -0.15) is 0 Å². The molecule has 0 unspecified atom stereocenters. The summed E-state index contributed by atoms with van der Waals surface area (Å²) in [5, 5.41) is 2.91. The maximum Gasteiger partial charge on any atom is 0.269 e. The van der Waals surface area contributed by atoms with Crippen molar-refractivity contribution in [3.8, 4) is 0 Å². The molecule has 19 heavy (non-hydrogen) atoms. The summed E-state index contributed by atoms with van der Waals surface area (Å²) in [6, 6.07) is 5.37. The number of nitrogens with zero attached hydrogens (tertiary/aromatic N) is 3. The molecule has 104 valence electrons. The first-order chi connectivity index (χ1) is 9.25. The van der Waals surface area contributed by atoms with Crippen LogP contribution in [0.15, 0.2) is 24.4 Å². The minimum absolute atomic E-state index is 0.0843. The van der Waals surface area contributed by atoms with E-state index in [1.165, 1.54) is 0 Å². The number of pyridine rings is 1. The molecular formula is C14H22N4O. The maximum atomic E-state index is 11.7. The van der Waals surface area contributed by atoms with Crippen LogP contribution in [0.3, 0.4) is 0 Å². The Balaban J connectivity index is 1.61. The highest BCUT2D eigenvalue weighted by Crippen LogP contribution is 1.99. The first-order valence-electron chi connectivity index (χ1n) is 6.86. The number of piperazine rings is 1. The summed E-state index contributed by atoms with van der Waals surface area (Å²) < 4.78 is 0. The molecule has 1 amide bonds. The summed E-state index contributed by atoms with van der Waals surface area (Å²) in [6.45, 7) is 6.30. The maximum absolute atomic E-state index is 11.7. The van der Waals surface area contributed by atoms with Crippen molar-refractivity contribution in [1.29, 1.82) is 0 Å². The van der Waals surface area contributed by atoms with E-state index in [1.807, 2.05) is 12.1 Å². The minimum Gasteiger partial charge on any atom is -0.351 e. The van der Waals surface area contributed by atoms with Crippen molar-refractivity contribution in [3.63, 3.8) is 0 Å². The molecule has 2 heterocycles. The van der Waals surface area contributed by atoms with Crippen LogP contribution in [0.1, 0.15) is 16.9 Å². The molecule has 0 atom stereocenters. The first kappa shape index (κ1) is 14.0. The zero-order valence-electron chi connectivity index (χ0n) is 11.5.